The fourth-order valence-electron chi connectivity index (χ4n) is 2.16. The Kier molecular flexibility index (Phi) is 4.58. The third kappa shape index (κ3) is 3.92. The van der Waals surface area contributed by atoms with Gasteiger partial charge >= 0.3 is 0 Å². The quantitative estimate of drug-likeness (QED) is 0.898. The zero-order chi connectivity index (χ0) is 14.6. The van der Waals surface area contributed by atoms with Gasteiger partial charge in [-0.15, -0.1) is 0 Å². The first-order valence-electron chi connectivity index (χ1n) is 6.93. The molecule has 0 aromatic heterocycles. The first kappa shape index (κ1) is 14.8. The van der Waals surface area contributed by atoms with Crippen molar-refractivity contribution in [2.75, 3.05) is 0 Å². The lowest BCUT2D eigenvalue weighted by Gasteiger charge is -2.31. The standard InChI is InChI=1S/C18H22O2/c1-18(2,3)20-17(15-12-8-5-9-13-15)16(19)14-10-6-4-7-11-14/h4-13,16-17,19H,1-3H3. The lowest BCUT2D eigenvalue weighted by molar-refractivity contribution is -0.115. The van der Waals surface area contributed by atoms with Crippen LogP contribution in [0.2, 0.25) is 0 Å². The Morgan fingerprint density at radius 2 is 1.25 bits per heavy atom. The third-order valence-corrected chi connectivity index (χ3v) is 3.04. The van der Waals surface area contributed by atoms with Crippen LogP contribution in [0.4, 0.5) is 0 Å². The lowest BCUT2D eigenvalue weighted by Crippen LogP contribution is -2.26. The summed E-state index contributed by atoms with van der Waals surface area (Å²) in [6.45, 7) is 6.00. The van der Waals surface area contributed by atoms with Crippen molar-refractivity contribution in [3.8, 4) is 0 Å². The van der Waals surface area contributed by atoms with Crippen molar-refractivity contribution in [1.29, 1.82) is 0 Å². The van der Waals surface area contributed by atoms with Crippen LogP contribution in [0, 0.1) is 0 Å². The van der Waals surface area contributed by atoms with E-state index in [2.05, 4.69) is 0 Å². The highest BCUT2D eigenvalue weighted by molar-refractivity contribution is 5.25. The van der Waals surface area contributed by atoms with Crippen LogP contribution in [0.15, 0.2) is 60.7 Å². The second-order valence-corrected chi connectivity index (χ2v) is 5.92. The van der Waals surface area contributed by atoms with Crippen molar-refractivity contribution < 1.29 is 9.84 Å². The van der Waals surface area contributed by atoms with E-state index in [1.54, 1.807) is 0 Å². The number of hydrogen-bond donors (Lipinski definition) is 1. The number of rotatable bonds is 4. The van der Waals surface area contributed by atoms with Crippen molar-refractivity contribution in [3.63, 3.8) is 0 Å². The first-order chi connectivity index (χ1) is 9.47. The SMILES string of the molecule is CC(C)(C)OC(c1ccccc1)C(O)c1ccccc1. The van der Waals surface area contributed by atoms with Gasteiger partial charge in [-0.25, -0.2) is 0 Å². The van der Waals surface area contributed by atoms with Crippen molar-refractivity contribution in [2.24, 2.45) is 0 Å². The molecule has 0 fully saturated rings. The summed E-state index contributed by atoms with van der Waals surface area (Å²) in [5.74, 6) is 0. The molecule has 0 aliphatic rings. The summed E-state index contributed by atoms with van der Waals surface area (Å²) in [6.07, 6.45) is -1.06. The van der Waals surface area contributed by atoms with Gasteiger partial charge in [0.05, 0.1) is 5.60 Å². The molecular formula is C18H22O2. The second-order valence-electron chi connectivity index (χ2n) is 5.92. The summed E-state index contributed by atoms with van der Waals surface area (Å²) in [6, 6.07) is 19.5. The molecule has 0 amide bonds. The Balaban J connectivity index is 2.32. The van der Waals surface area contributed by atoms with Gasteiger partial charge in [0.2, 0.25) is 0 Å². The van der Waals surface area contributed by atoms with Crippen molar-refractivity contribution in [2.45, 2.75) is 38.6 Å². The predicted octanol–water partition coefficient (Wildman–Crippen LogP) is 4.28. The van der Waals surface area contributed by atoms with E-state index >= 15 is 0 Å². The fourth-order valence-corrected chi connectivity index (χ4v) is 2.16. The topological polar surface area (TPSA) is 29.5 Å². The minimum atomic E-state index is -0.683. The number of hydrogen-bond acceptors (Lipinski definition) is 2. The average Bonchev–Trinajstić information content (AvgIpc) is 2.45. The smallest absolute Gasteiger partial charge is 0.113 e. The molecule has 2 heteroatoms. The molecule has 106 valence electrons. The molecule has 0 radical (unpaired) electrons. The molecule has 0 saturated heterocycles. The monoisotopic (exact) mass is 270 g/mol. The molecule has 0 saturated carbocycles. The van der Waals surface area contributed by atoms with Gasteiger partial charge in [0, 0.05) is 0 Å². The van der Waals surface area contributed by atoms with Gasteiger partial charge in [-0.1, -0.05) is 60.7 Å². The molecule has 0 bridgehead atoms. The summed E-state index contributed by atoms with van der Waals surface area (Å²) < 4.78 is 6.09. The molecule has 2 atom stereocenters. The van der Waals surface area contributed by atoms with Crippen LogP contribution in [0.3, 0.4) is 0 Å². The Hall–Kier alpha value is -1.64. The van der Waals surface area contributed by atoms with E-state index in [1.807, 2.05) is 81.4 Å². The van der Waals surface area contributed by atoms with Gasteiger partial charge in [-0.2, -0.15) is 0 Å². The zero-order valence-corrected chi connectivity index (χ0v) is 12.3. The van der Waals surface area contributed by atoms with Crippen LogP contribution in [0.5, 0.6) is 0 Å². The molecule has 0 aliphatic heterocycles. The molecule has 0 spiro atoms. The molecule has 2 aromatic rings. The maximum atomic E-state index is 10.7. The van der Waals surface area contributed by atoms with Crippen molar-refractivity contribution in [3.05, 3.63) is 71.8 Å². The minimum absolute atomic E-state index is 0.323. The lowest BCUT2D eigenvalue weighted by atomic mass is 9.97. The summed E-state index contributed by atoms with van der Waals surface area (Å²) in [5, 5.41) is 10.7. The maximum absolute atomic E-state index is 10.7. The summed E-state index contributed by atoms with van der Waals surface area (Å²) in [4.78, 5) is 0. The molecule has 2 nitrogen and oxygen atoms in total. The normalized spacial score (nSPS) is 14.8. The van der Waals surface area contributed by atoms with Crippen molar-refractivity contribution >= 4 is 0 Å². The van der Waals surface area contributed by atoms with Crippen LogP contribution < -0.4 is 0 Å². The fraction of sp³-hybridized carbons (Fsp3) is 0.333. The Morgan fingerprint density at radius 3 is 1.70 bits per heavy atom. The Labute approximate surface area is 121 Å². The molecule has 20 heavy (non-hydrogen) atoms. The Morgan fingerprint density at radius 1 is 0.800 bits per heavy atom. The number of benzene rings is 2. The highest BCUT2D eigenvalue weighted by Gasteiger charge is 2.28. The van der Waals surface area contributed by atoms with Gasteiger partial charge in [-0.05, 0) is 31.9 Å². The summed E-state index contributed by atoms with van der Waals surface area (Å²) >= 11 is 0. The largest absolute Gasteiger partial charge is 0.385 e. The van der Waals surface area contributed by atoms with E-state index in [9.17, 15) is 5.11 Å². The molecule has 2 rings (SSSR count). The van der Waals surface area contributed by atoms with E-state index in [1.165, 1.54) is 0 Å². The van der Waals surface area contributed by atoms with E-state index in [0.717, 1.165) is 11.1 Å². The van der Waals surface area contributed by atoms with Crippen LogP contribution >= 0.6 is 0 Å². The van der Waals surface area contributed by atoms with Crippen molar-refractivity contribution in [1.82, 2.24) is 0 Å². The van der Waals surface area contributed by atoms with Crippen LogP contribution in [0.1, 0.15) is 44.1 Å². The van der Waals surface area contributed by atoms with Crippen LogP contribution in [0.25, 0.3) is 0 Å². The predicted molar refractivity (Wildman–Crippen MR) is 81.4 cm³/mol. The number of aliphatic hydroxyl groups excluding tert-OH is 1. The van der Waals surface area contributed by atoms with Gasteiger partial charge in [0.25, 0.3) is 0 Å². The van der Waals surface area contributed by atoms with E-state index in [0.29, 0.717) is 0 Å². The van der Waals surface area contributed by atoms with Gasteiger partial charge < -0.3 is 9.84 Å². The Bertz CT molecular complexity index is 514. The minimum Gasteiger partial charge on any atom is -0.385 e. The molecular weight excluding hydrogens is 248 g/mol. The molecule has 2 unspecified atom stereocenters. The third-order valence-electron chi connectivity index (χ3n) is 3.04. The second kappa shape index (κ2) is 6.21. The van der Waals surface area contributed by atoms with E-state index in [-0.39, 0.29) is 11.7 Å². The highest BCUT2D eigenvalue weighted by Crippen LogP contribution is 2.35. The van der Waals surface area contributed by atoms with Gasteiger partial charge in [0.15, 0.2) is 0 Å². The highest BCUT2D eigenvalue weighted by atomic mass is 16.5. The molecule has 1 N–H and O–H groups in total. The van der Waals surface area contributed by atoms with E-state index < -0.39 is 6.10 Å². The number of ether oxygens (including phenoxy) is 1. The summed E-state index contributed by atoms with van der Waals surface area (Å²) in [7, 11) is 0. The molecule has 0 heterocycles. The van der Waals surface area contributed by atoms with Gasteiger partial charge in [-0.3, -0.25) is 0 Å². The number of aliphatic hydroxyl groups is 1. The van der Waals surface area contributed by atoms with E-state index in [4.69, 9.17) is 4.74 Å². The van der Waals surface area contributed by atoms with Crippen LogP contribution in [-0.2, 0) is 4.74 Å². The van der Waals surface area contributed by atoms with Gasteiger partial charge in [0.1, 0.15) is 12.2 Å². The summed E-state index contributed by atoms with van der Waals surface area (Å²) in [5.41, 5.74) is 1.53. The maximum Gasteiger partial charge on any atom is 0.113 e. The first-order valence-corrected chi connectivity index (χ1v) is 6.93. The van der Waals surface area contributed by atoms with Crippen LogP contribution in [-0.4, -0.2) is 10.7 Å². The molecule has 0 aliphatic carbocycles. The molecule has 2 aromatic carbocycles. The zero-order valence-electron chi connectivity index (χ0n) is 12.3. The average molecular weight is 270 g/mol.